The van der Waals surface area contributed by atoms with Crippen LogP contribution in [0, 0.1) is 0 Å². The van der Waals surface area contributed by atoms with Crippen LogP contribution in [0.25, 0.3) is 22.0 Å². The largest absolute Gasteiger partial charge is 0.391 e. The minimum atomic E-state index is -1.30. The summed E-state index contributed by atoms with van der Waals surface area (Å²) < 4.78 is 16.0. The highest BCUT2D eigenvalue weighted by molar-refractivity contribution is 6.08. The molecule has 9 nitrogen and oxygen atoms in total. The van der Waals surface area contributed by atoms with Gasteiger partial charge in [-0.2, -0.15) is 10.2 Å². The number of fused-ring (bicyclic) bond motifs is 1. The first kappa shape index (κ1) is 24.1. The topological polar surface area (TPSA) is 117 Å². The number of likely N-dealkylation sites (tertiary alicyclic amines) is 1. The maximum atomic E-state index is 14.4. The molecule has 1 aliphatic carbocycles. The average Bonchev–Trinajstić information content (AvgIpc) is 3.56. The van der Waals surface area contributed by atoms with E-state index in [1.165, 1.54) is 11.8 Å². The highest BCUT2D eigenvalue weighted by atomic mass is 19.1. The number of aliphatic hydroxyl groups excluding tert-OH is 1. The summed E-state index contributed by atoms with van der Waals surface area (Å²) in [6.45, 7) is 1.16. The Morgan fingerprint density at radius 1 is 1.17 bits per heavy atom. The number of hydrogen-bond donors (Lipinski definition) is 2. The fraction of sp³-hybridized carbons (Fsp3) is 0.423. The number of halogens is 1. The third kappa shape index (κ3) is 4.60. The van der Waals surface area contributed by atoms with E-state index in [0.717, 1.165) is 17.5 Å². The first-order valence-electron chi connectivity index (χ1n) is 12.1. The highest BCUT2D eigenvalue weighted by Crippen LogP contribution is 2.29. The fourth-order valence-electron chi connectivity index (χ4n) is 5.28. The van der Waals surface area contributed by atoms with Crippen molar-refractivity contribution in [3.8, 4) is 11.1 Å². The first-order valence-corrected chi connectivity index (χ1v) is 12.1. The molecule has 0 spiro atoms. The van der Waals surface area contributed by atoms with Crippen LogP contribution in [-0.2, 0) is 16.1 Å². The van der Waals surface area contributed by atoms with Gasteiger partial charge in [-0.15, -0.1) is 0 Å². The van der Waals surface area contributed by atoms with Crippen molar-refractivity contribution < 1.29 is 23.9 Å². The molecule has 0 bridgehead atoms. The summed E-state index contributed by atoms with van der Waals surface area (Å²) >= 11 is 0. The Labute approximate surface area is 207 Å². The molecule has 5 rings (SSSR count). The molecule has 2 aromatic heterocycles. The molecular formula is C26H28FN5O4. The van der Waals surface area contributed by atoms with E-state index in [9.17, 15) is 23.9 Å². The molecule has 2 aliphatic rings. The van der Waals surface area contributed by atoms with Crippen molar-refractivity contribution in [2.45, 2.75) is 63.5 Å². The number of alkyl halides is 1. The second-order valence-corrected chi connectivity index (χ2v) is 9.60. The maximum absolute atomic E-state index is 14.4. The zero-order valence-corrected chi connectivity index (χ0v) is 19.9. The van der Waals surface area contributed by atoms with Crippen LogP contribution in [0.5, 0.6) is 0 Å². The molecule has 188 valence electrons. The van der Waals surface area contributed by atoms with Gasteiger partial charge in [0.05, 0.1) is 31.1 Å². The standard InChI is InChI=1S/C26H28FN5O4/c1-15(33)20-13-31(22-6-5-16(9-19(20)22)17-7-8-28-29-11-17)14-25(35)32-12-18(27)10-23(32)26(36)30-21-3-2-4-24(21)34/h5-9,11,13,18,21,23-24,34H,2-4,10,12,14H2,1H3,(H,30,36)/t18-,21-,23+,24-/m1/s1. The van der Waals surface area contributed by atoms with Crippen LogP contribution in [0.4, 0.5) is 4.39 Å². The summed E-state index contributed by atoms with van der Waals surface area (Å²) in [5.74, 6) is -0.989. The summed E-state index contributed by atoms with van der Waals surface area (Å²) in [7, 11) is 0. The zero-order valence-electron chi connectivity index (χ0n) is 19.9. The second kappa shape index (κ2) is 9.77. The minimum absolute atomic E-state index is 0.0746. The molecule has 4 atom stereocenters. The van der Waals surface area contributed by atoms with Gasteiger partial charge in [-0.25, -0.2) is 4.39 Å². The molecule has 1 saturated heterocycles. The number of Topliss-reactive ketones (excluding diaryl/α,β-unsaturated/α-hetero) is 1. The molecular weight excluding hydrogens is 465 g/mol. The predicted octanol–water partition coefficient (Wildman–Crippen LogP) is 2.27. The second-order valence-electron chi connectivity index (χ2n) is 9.60. The summed E-state index contributed by atoms with van der Waals surface area (Å²) in [4.78, 5) is 39.9. The van der Waals surface area contributed by atoms with Crippen LogP contribution in [0.15, 0.2) is 42.9 Å². The van der Waals surface area contributed by atoms with E-state index in [2.05, 4.69) is 15.5 Å². The van der Waals surface area contributed by atoms with Crippen molar-refractivity contribution in [2.75, 3.05) is 6.54 Å². The number of hydrogen-bond acceptors (Lipinski definition) is 6. The Morgan fingerprint density at radius 3 is 2.69 bits per heavy atom. The van der Waals surface area contributed by atoms with E-state index in [4.69, 9.17) is 0 Å². The molecule has 3 heterocycles. The molecule has 1 aliphatic heterocycles. The van der Waals surface area contributed by atoms with Gasteiger partial charge < -0.3 is 19.9 Å². The van der Waals surface area contributed by atoms with Crippen molar-refractivity contribution in [1.82, 2.24) is 25.0 Å². The Bertz CT molecular complexity index is 1310. The monoisotopic (exact) mass is 493 g/mol. The Morgan fingerprint density at radius 2 is 2.00 bits per heavy atom. The summed E-state index contributed by atoms with van der Waals surface area (Å²) in [5, 5.41) is 21.2. The van der Waals surface area contributed by atoms with Gasteiger partial charge in [0, 0.05) is 34.6 Å². The van der Waals surface area contributed by atoms with E-state index in [1.807, 2.05) is 24.3 Å². The SMILES string of the molecule is CC(=O)c1cn(CC(=O)N2C[C@H](F)C[C@H]2C(=O)N[C@@H]2CCC[C@H]2O)c2ccc(-c3ccnnc3)cc12. The van der Waals surface area contributed by atoms with Crippen LogP contribution >= 0.6 is 0 Å². The molecule has 0 unspecified atom stereocenters. The number of rotatable bonds is 6. The number of nitrogens with one attached hydrogen (secondary N) is 1. The van der Waals surface area contributed by atoms with E-state index in [0.29, 0.717) is 29.3 Å². The van der Waals surface area contributed by atoms with Gasteiger partial charge in [-0.3, -0.25) is 14.4 Å². The first-order chi connectivity index (χ1) is 17.3. The van der Waals surface area contributed by atoms with Crippen LogP contribution in [0.1, 0.15) is 43.0 Å². The summed E-state index contributed by atoms with van der Waals surface area (Å²) in [5.41, 5.74) is 2.86. The van der Waals surface area contributed by atoms with E-state index in [1.54, 1.807) is 23.2 Å². The van der Waals surface area contributed by atoms with Crippen LogP contribution < -0.4 is 5.32 Å². The predicted molar refractivity (Wildman–Crippen MR) is 130 cm³/mol. The Kier molecular flexibility index (Phi) is 6.53. The van der Waals surface area contributed by atoms with Gasteiger partial charge >= 0.3 is 0 Å². The van der Waals surface area contributed by atoms with Crippen molar-refractivity contribution >= 4 is 28.5 Å². The minimum Gasteiger partial charge on any atom is -0.391 e. The van der Waals surface area contributed by atoms with Gasteiger partial charge in [-0.05, 0) is 49.9 Å². The van der Waals surface area contributed by atoms with Gasteiger partial charge in [-0.1, -0.05) is 6.07 Å². The number of nitrogens with zero attached hydrogens (tertiary/aromatic N) is 4. The van der Waals surface area contributed by atoms with Gasteiger partial charge in [0.15, 0.2) is 5.78 Å². The molecule has 2 N–H and O–H groups in total. The van der Waals surface area contributed by atoms with E-state index in [-0.39, 0.29) is 31.3 Å². The van der Waals surface area contributed by atoms with Crippen LogP contribution in [-0.4, -0.2) is 73.3 Å². The smallest absolute Gasteiger partial charge is 0.243 e. The Hall–Kier alpha value is -3.66. The number of ketones is 1. The van der Waals surface area contributed by atoms with Crippen LogP contribution in [0.2, 0.25) is 0 Å². The normalized spacial score (nSPS) is 23.8. The number of carbonyl (C=O) groups excluding carboxylic acids is 3. The molecule has 3 aromatic rings. The van der Waals surface area contributed by atoms with Gasteiger partial charge in [0.2, 0.25) is 11.8 Å². The molecule has 2 amide bonds. The van der Waals surface area contributed by atoms with E-state index >= 15 is 0 Å². The number of carbonyl (C=O) groups is 3. The highest BCUT2D eigenvalue weighted by Gasteiger charge is 2.41. The molecule has 2 fully saturated rings. The van der Waals surface area contributed by atoms with Gasteiger partial charge in [0.1, 0.15) is 18.8 Å². The van der Waals surface area contributed by atoms with Crippen molar-refractivity contribution in [3.63, 3.8) is 0 Å². The average molecular weight is 494 g/mol. The number of aliphatic hydroxyl groups is 1. The van der Waals surface area contributed by atoms with Crippen molar-refractivity contribution in [1.29, 1.82) is 0 Å². The molecule has 36 heavy (non-hydrogen) atoms. The lowest BCUT2D eigenvalue weighted by atomic mass is 10.0. The zero-order chi connectivity index (χ0) is 25.4. The maximum Gasteiger partial charge on any atom is 0.243 e. The fourth-order valence-corrected chi connectivity index (χ4v) is 5.28. The lowest BCUT2D eigenvalue weighted by Gasteiger charge is -2.26. The lowest BCUT2D eigenvalue weighted by Crippen LogP contribution is -2.51. The van der Waals surface area contributed by atoms with E-state index < -0.39 is 30.1 Å². The Balaban J connectivity index is 1.39. The molecule has 1 saturated carbocycles. The van der Waals surface area contributed by atoms with Crippen molar-refractivity contribution in [2.24, 2.45) is 0 Å². The third-order valence-electron chi connectivity index (χ3n) is 7.16. The number of benzene rings is 1. The summed E-state index contributed by atoms with van der Waals surface area (Å²) in [6, 6.07) is 6.10. The van der Waals surface area contributed by atoms with Gasteiger partial charge in [0.25, 0.3) is 0 Å². The quantitative estimate of drug-likeness (QED) is 0.509. The molecule has 0 radical (unpaired) electrons. The molecule has 10 heteroatoms. The summed E-state index contributed by atoms with van der Waals surface area (Å²) in [6.07, 6.45) is 4.93. The lowest BCUT2D eigenvalue weighted by molar-refractivity contribution is -0.139. The molecule has 1 aromatic carbocycles. The number of aromatic nitrogens is 3. The van der Waals surface area contributed by atoms with Crippen molar-refractivity contribution in [3.05, 3.63) is 48.4 Å². The van der Waals surface area contributed by atoms with Crippen LogP contribution in [0.3, 0.4) is 0 Å². The third-order valence-corrected chi connectivity index (χ3v) is 7.16. The number of amides is 2.